The van der Waals surface area contributed by atoms with E-state index in [0.717, 1.165) is 5.56 Å². The van der Waals surface area contributed by atoms with E-state index in [0.29, 0.717) is 18.7 Å². The van der Waals surface area contributed by atoms with Crippen molar-refractivity contribution < 1.29 is 9.90 Å². The van der Waals surface area contributed by atoms with Crippen LogP contribution in [0.25, 0.3) is 0 Å². The number of thioether (sulfide) groups is 1. The highest BCUT2D eigenvalue weighted by molar-refractivity contribution is 7.99. The molecule has 17 heavy (non-hydrogen) atoms. The lowest BCUT2D eigenvalue weighted by Gasteiger charge is -2.41. The van der Waals surface area contributed by atoms with Crippen molar-refractivity contribution in [1.82, 2.24) is 15.0 Å². The summed E-state index contributed by atoms with van der Waals surface area (Å²) < 4.78 is 0. The Morgan fingerprint density at radius 1 is 1.53 bits per heavy atom. The minimum absolute atomic E-state index is 0.00619. The summed E-state index contributed by atoms with van der Waals surface area (Å²) >= 11 is 1.64. The summed E-state index contributed by atoms with van der Waals surface area (Å²) in [6.07, 6.45) is 3.34. The third-order valence-corrected chi connectivity index (χ3v) is 4.33. The molecule has 2 aliphatic rings. The number of hydrogen-bond acceptors (Lipinski definition) is 5. The van der Waals surface area contributed by atoms with E-state index in [1.54, 1.807) is 18.0 Å². The van der Waals surface area contributed by atoms with Gasteiger partial charge in [0.15, 0.2) is 6.23 Å². The summed E-state index contributed by atoms with van der Waals surface area (Å²) in [7, 11) is 0. The summed E-state index contributed by atoms with van der Waals surface area (Å²) in [5.74, 6) is 0.550. The Labute approximate surface area is 103 Å². The van der Waals surface area contributed by atoms with Crippen LogP contribution in [0.5, 0.6) is 0 Å². The second-order valence-corrected chi connectivity index (χ2v) is 5.22. The maximum atomic E-state index is 11.7. The van der Waals surface area contributed by atoms with Crippen LogP contribution < -0.4 is 0 Å². The summed E-state index contributed by atoms with van der Waals surface area (Å²) in [6.45, 7) is 0.669. The van der Waals surface area contributed by atoms with Crippen molar-refractivity contribution in [2.45, 2.75) is 18.0 Å². The van der Waals surface area contributed by atoms with Gasteiger partial charge in [-0.2, -0.15) is 5.01 Å². The lowest BCUT2D eigenvalue weighted by Crippen LogP contribution is -2.51. The van der Waals surface area contributed by atoms with Crippen molar-refractivity contribution >= 4 is 17.7 Å². The van der Waals surface area contributed by atoms with Crippen LogP contribution in [0.1, 0.15) is 17.4 Å². The minimum atomic E-state index is -0.692. The zero-order valence-corrected chi connectivity index (χ0v) is 10.0. The SMILES string of the molecule is O=C1CCN2[C@H](c3cccnc3)SC[C@H](O)N12. The number of amides is 1. The van der Waals surface area contributed by atoms with Crippen molar-refractivity contribution in [2.24, 2.45) is 0 Å². The summed E-state index contributed by atoms with van der Waals surface area (Å²) in [4.78, 5) is 15.8. The fourth-order valence-electron chi connectivity index (χ4n) is 2.27. The number of aliphatic hydroxyl groups is 1. The van der Waals surface area contributed by atoms with E-state index < -0.39 is 6.23 Å². The summed E-state index contributed by atoms with van der Waals surface area (Å²) in [6, 6.07) is 3.90. The van der Waals surface area contributed by atoms with E-state index in [1.165, 1.54) is 5.01 Å². The van der Waals surface area contributed by atoms with E-state index in [1.807, 2.05) is 23.3 Å². The molecule has 0 bridgehead atoms. The molecule has 1 aromatic heterocycles. The normalized spacial score (nSPS) is 29.5. The number of fused-ring (bicyclic) bond motifs is 1. The summed E-state index contributed by atoms with van der Waals surface area (Å²) in [5, 5.41) is 13.4. The Morgan fingerprint density at radius 3 is 3.18 bits per heavy atom. The van der Waals surface area contributed by atoms with E-state index in [4.69, 9.17) is 0 Å². The topological polar surface area (TPSA) is 56.7 Å². The molecule has 1 N–H and O–H groups in total. The van der Waals surface area contributed by atoms with Gasteiger partial charge in [0, 0.05) is 31.1 Å². The van der Waals surface area contributed by atoms with Crippen LogP contribution in [-0.2, 0) is 4.79 Å². The standard InChI is InChI=1S/C11H13N3O2S/c15-9-3-5-13-11(8-2-1-4-12-6-8)17-7-10(16)14(9)13/h1-2,4,6,10-11,16H,3,5,7H2/t10-,11-/m0/s1. The third kappa shape index (κ3) is 1.82. The number of nitrogens with zero attached hydrogens (tertiary/aromatic N) is 3. The third-order valence-electron chi connectivity index (χ3n) is 3.01. The highest BCUT2D eigenvalue weighted by atomic mass is 32.2. The van der Waals surface area contributed by atoms with Gasteiger partial charge in [0.2, 0.25) is 5.91 Å². The fraction of sp³-hybridized carbons (Fsp3) is 0.455. The van der Waals surface area contributed by atoms with Gasteiger partial charge < -0.3 is 5.11 Å². The molecule has 0 unspecified atom stereocenters. The largest absolute Gasteiger partial charge is 0.371 e. The molecular formula is C11H13N3O2S. The van der Waals surface area contributed by atoms with Gasteiger partial charge in [-0.1, -0.05) is 6.07 Å². The van der Waals surface area contributed by atoms with E-state index in [9.17, 15) is 9.90 Å². The minimum Gasteiger partial charge on any atom is -0.371 e. The quantitative estimate of drug-likeness (QED) is 0.792. The van der Waals surface area contributed by atoms with Gasteiger partial charge in [-0.25, -0.2) is 5.01 Å². The predicted molar refractivity (Wildman–Crippen MR) is 63.6 cm³/mol. The van der Waals surface area contributed by atoms with Gasteiger partial charge in [-0.05, 0) is 11.6 Å². The maximum Gasteiger partial charge on any atom is 0.240 e. The fourth-order valence-corrected chi connectivity index (χ4v) is 3.47. The molecular weight excluding hydrogens is 238 g/mol. The van der Waals surface area contributed by atoms with Crippen molar-refractivity contribution in [1.29, 1.82) is 0 Å². The predicted octanol–water partition coefficient (Wildman–Crippen LogP) is 0.595. The van der Waals surface area contributed by atoms with Crippen LogP contribution in [0.3, 0.4) is 0 Å². The van der Waals surface area contributed by atoms with Crippen molar-refractivity contribution in [3.05, 3.63) is 30.1 Å². The van der Waals surface area contributed by atoms with Gasteiger partial charge in [0.05, 0.1) is 0 Å². The van der Waals surface area contributed by atoms with Gasteiger partial charge >= 0.3 is 0 Å². The number of rotatable bonds is 1. The molecule has 2 aliphatic heterocycles. The molecule has 90 valence electrons. The molecule has 0 aliphatic carbocycles. The van der Waals surface area contributed by atoms with Crippen LogP contribution in [0.15, 0.2) is 24.5 Å². The number of carbonyl (C=O) groups excluding carboxylic acids is 1. The monoisotopic (exact) mass is 251 g/mol. The van der Waals surface area contributed by atoms with Crippen LogP contribution in [0.2, 0.25) is 0 Å². The zero-order chi connectivity index (χ0) is 11.8. The Bertz CT molecular complexity index is 428. The van der Waals surface area contributed by atoms with E-state index in [2.05, 4.69) is 4.98 Å². The van der Waals surface area contributed by atoms with Crippen LogP contribution >= 0.6 is 11.8 Å². The van der Waals surface area contributed by atoms with E-state index in [-0.39, 0.29) is 11.3 Å². The molecule has 3 rings (SSSR count). The van der Waals surface area contributed by atoms with Crippen LogP contribution in [0.4, 0.5) is 0 Å². The van der Waals surface area contributed by atoms with Crippen LogP contribution in [-0.4, -0.2) is 44.5 Å². The molecule has 0 aromatic carbocycles. The van der Waals surface area contributed by atoms with E-state index >= 15 is 0 Å². The Kier molecular flexibility index (Phi) is 2.78. The van der Waals surface area contributed by atoms with Gasteiger partial charge in [-0.3, -0.25) is 9.78 Å². The maximum absolute atomic E-state index is 11.7. The second kappa shape index (κ2) is 4.29. The zero-order valence-electron chi connectivity index (χ0n) is 9.19. The molecule has 1 aromatic rings. The smallest absolute Gasteiger partial charge is 0.240 e. The molecule has 0 spiro atoms. The van der Waals surface area contributed by atoms with Gasteiger partial charge in [0.25, 0.3) is 0 Å². The lowest BCUT2D eigenvalue weighted by molar-refractivity contribution is -0.161. The molecule has 0 radical (unpaired) electrons. The first-order valence-corrected chi connectivity index (χ1v) is 6.60. The average Bonchev–Trinajstić information content (AvgIpc) is 2.74. The molecule has 2 atom stereocenters. The molecule has 2 fully saturated rings. The van der Waals surface area contributed by atoms with Gasteiger partial charge in [0.1, 0.15) is 5.37 Å². The Hall–Kier alpha value is -1.11. The Morgan fingerprint density at radius 2 is 2.41 bits per heavy atom. The highest BCUT2D eigenvalue weighted by Crippen LogP contribution is 2.40. The number of aromatic nitrogens is 1. The molecule has 6 heteroatoms. The number of hydrazine groups is 1. The molecule has 0 saturated carbocycles. The molecule has 2 saturated heterocycles. The summed E-state index contributed by atoms with van der Waals surface area (Å²) in [5.41, 5.74) is 1.07. The average molecular weight is 251 g/mol. The van der Waals surface area contributed by atoms with Crippen molar-refractivity contribution in [3.8, 4) is 0 Å². The first kappa shape index (κ1) is 11.0. The Balaban J connectivity index is 1.90. The number of hydrogen-bond donors (Lipinski definition) is 1. The van der Waals surface area contributed by atoms with Crippen molar-refractivity contribution in [3.63, 3.8) is 0 Å². The first-order chi connectivity index (χ1) is 8.27. The highest BCUT2D eigenvalue weighted by Gasteiger charge is 2.42. The van der Waals surface area contributed by atoms with Crippen LogP contribution in [0, 0.1) is 0 Å². The lowest BCUT2D eigenvalue weighted by atomic mass is 10.3. The van der Waals surface area contributed by atoms with Crippen molar-refractivity contribution in [2.75, 3.05) is 12.3 Å². The number of aliphatic hydroxyl groups excluding tert-OH is 1. The molecule has 3 heterocycles. The van der Waals surface area contributed by atoms with Gasteiger partial charge in [-0.15, -0.1) is 11.8 Å². The number of carbonyl (C=O) groups is 1. The number of pyridine rings is 1. The first-order valence-electron chi connectivity index (χ1n) is 5.55. The molecule has 1 amide bonds. The molecule has 5 nitrogen and oxygen atoms in total. The second-order valence-electron chi connectivity index (χ2n) is 4.10.